The molecule has 1 N–H and O–H groups in total. The lowest BCUT2D eigenvalue weighted by Crippen LogP contribution is -2.25. The highest BCUT2D eigenvalue weighted by atomic mass is 16.5. The van der Waals surface area contributed by atoms with E-state index in [1.807, 2.05) is 49.4 Å². The molecule has 0 heterocycles. The number of esters is 1. The molecular formula is C25H24N2O4. The summed E-state index contributed by atoms with van der Waals surface area (Å²) in [6.45, 7) is 3.70. The van der Waals surface area contributed by atoms with Gasteiger partial charge in [0.2, 0.25) is 0 Å². The van der Waals surface area contributed by atoms with Gasteiger partial charge in [0.15, 0.2) is 6.61 Å². The fraction of sp³-hybridized carbons (Fsp3) is 0.160. The van der Waals surface area contributed by atoms with Crippen LogP contribution in [-0.4, -0.2) is 30.8 Å². The molecule has 6 heteroatoms. The van der Waals surface area contributed by atoms with Crippen molar-refractivity contribution in [1.29, 1.82) is 0 Å². The number of carbonyl (C=O) groups is 2. The van der Waals surface area contributed by atoms with Crippen molar-refractivity contribution in [3.05, 3.63) is 90.0 Å². The van der Waals surface area contributed by atoms with Gasteiger partial charge in [0, 0.05) is 0 Å². The first-order valence-electron chi connectivity index (χ1n) is 9.96. The minimum Gasteiger partial charge on any atom is -0.484 e. The molecule has 3 rings (SSSR count). The molecule has 0 bridgehead atoms. The third-order valence-electron chi connectivity index (χ3n) is 4.49. The zero-order valence-corrected chi connectivity index (χ0v) is 17.5. The van der Waals surface area contributed by atoms with E-state index in [1.54, 1.807) is 31.2 Å². The number of ether oxygens (including phenoxy) is 2. The maximum Gasteiger partial charge on any atom is 0.338 e. The van der Waals surface area contributed by atoms with Crippen LogP contribution < -0.4 is 10.2 Å². The standard InChI is InChI=1S/C25H24N2O4/c1-3-30-25(29)22-13-15-23(16-14-22)31-17-24(28)27-26-18(2)19-9-11-21(12-10-19)20-7-5-4-6-8-20/h4-16H,3,17H2,1-2H3,(H,27,28). The summed E-state index contributed by atoms with van der Waals surface area (Å²) < 4.78 is 10.4. The molecule has 0 radical (unpaired) electrons. The van der Waals surface area contributed by atoms with E-state index >= 15 is 0 Å². The number of hydrogen-bond acceptors (Lipinski definition) is 5. The van der Waals surface area contributed by atoms with Gasteiger partial charge < -0.3 is 9.47 Å². The first kappa shape index (κ1) is 21.8. The first-order chi connectivity index (χ1) is 15.1. The second-order valence-electron chi connectivity index (χ2n) is 6.71. The van der Waals surface area contributed by atoms with Gasteiger partial charge in [-0.3, -0.25) is 4.79 Å². The van der Waals surface area contributed by atoms with Gasteiger partial charge in [0.1, 0.15) is 5.75 Å². The van der Waals surface area contributed by atoms with Gasteiger partial charge in [0.25, 0.3) is 5.91 Å². The van der Waals surface area contributed by atoms with Crippen LogP contribution in [-0.2, 0) is 9.53 Å². The summed E-state index contributed by atoms with van der Waals surface area (Å²) in [5.74, 6) is -0.302. The third-order valence-corrected chi connectivity index (χ3v) is 4.49. The molecule has 3 aromatic carbocycles. The summed E-state index contributed by atoms with van der Waals surface area (Å²) >= 11 is 0. The van der Waals surface area contributed by atoms with Gasteiger partial charge in [0.05, 0.1) is 17.9 Å². The van der Waals surface area contributed by atoms with Crippen molar-refractivity contribution in [2.75, 3.05) is 13.2 Å². The van der Waals surface area contributed by atoms with E-state index in [1.165, 1.54) is 0 Å². The van der Waals surface area contributed by atoms with E-state index in [9.17, 15) is 9.59 Å². The summed E-state index contributed by atoms with van der Waals surface area (Å²) in [5.41, 5.74) is 6.78. The lowest BCUT2D eigenvalue weighted by molar-refractivity contribution is -0.123. The normalized spacial score (nSPS) is 11.0. The van der Waals surface area contributed by atoms with Crippen LogP contribution in [0.2, 0.25) is 0 Å². The number of nitrogens with zero attached hydrogens (tertiary/aromatic N) is 1. The fourth-order valence-corrected chi connectivity index (χ4v) is 2.83. The Morgan fingerprint density at radius 3 is 2.10 bits per heavy atom. The summed E-state index contributed by atoms with van der Waals surface area (Å²) in [5, 5.41) is 4.14. The van der Waals surface area contributed by atoms with Crippen LogP contribution in [0.4, 0.5) is 0 Å². The summed E-state index contributed by atoms with van der Waals surface area (Å²) in [6.07, 6.45) is 0. The van der Waals surface area contributed by atoms with Crippen molar-refractivity contribution in [3.8, 4) is 16.9 Å². The summed E-state index contributed by atoms with van der Waals surface area (Å²) in [4.78, 5) is 23.7. The van der Waals surface area contributed by atoms with Gasteiger partial charge in [-0.15, -0.1) is 0 Å². The second kappa shape index (κ2) is 10.7. The molecule has 0 aliphatic rings. The molecule has 1 amide bonds. The molecular weight excluding hydrogens is 392 g/mol. The van der Waals surface area contributed by atoms with Crippen LogP contribution in [0.5, 0.6) is 5.75 Å². The van der Waals surface area contributed by atoms with Gasteiger partial charge in [-0.25, -0.2) is 10.2 Å². The Hall–Kier alpha value is -3.93. The average Bonchev–Trinajstić information content (AvgIpc) is 2.82. The molecule has 0 saturated heterocycles. The van der Waals surface area contributed by atoms with Gasteiger partial charge >= 0.3 is 5.97 Å². The number of amides is 1. The van der Waals surface area contributed by atoms with E-state index in [0.29, 0.717) is 23.6 Å². The molecule has 0 unspecified atom stereocenters. The van der Waals surface area contributed by atoms with E-state index < -0.39 is 5.97 Å². The SMILES string of the molecule is CCOC(=O)c1ccc(OCC(=O)NN=C(C)c2ccc(-c3ccccc3)cc2)cc1. The van der Waals surface area contributed by atoms with Crippen LogP contribution in [0.15, 0.2) is 84.0 Å². The summed E-state index contributed by atoms with van der Waals surface area (Å²) in [7, 11) is 0. The minimum atomic E-state index is -0.395. The Balaban J connectivity index is 1.50. The molecule has 3 aromatic rings. The van der Waals surface area contributed by atoms with Crippen molar-refractivity contribution in [2.45, 2.75) is 13.8 Å². The molecule has 0 aliphatic heterocycles. The number of benzene rings is 3. The molecule has 158 valence electrons. The number of carbonyl (C=O) groups excluding carboxylic acids is 2. The molecule has 0 saturated carbocycles. The van der Waals surface area contributed by atoms with E-state index in [2.05, 4.69) is 22.7 Å². The average molecular weight is 416 g/mol. The first-order valence-corrected chi connectivity index (χ1v) is 9.96. The Kier molecular flexibility index (Phi) is 7.54. The Labute approximate surface area is 181 Å². The van der Waals surface area contributed by atoms with Gasteiger partial charge in [-0.1, -0.05) is 54.6 Å². The maximum atomic E-state index is 12.0. The lowest BCUT2D eigenvalue weighted by Gasteiger charge is -2.07. The van der Waals surface area contributed by atoms with Crippen LogP contribution in [0.25, 0.3) is 11.1 Å². The molecule has 0 aliphatic carbocycles. The number of rotatable bonds is 8. The van der Waals surface area contributed by atoms with Crippen LogP contribution in [0.3, 0.4) is 0 Å². The zero-order chi connectivity index (χ0) is 22.1. The highest BCUT2D eigenvalue weighted by molar-refractivity contribution is 5.99. The summed E-state index contributed by atoms with van der Waals surface area (Å²) in [6, 6.07) is 24.5. The molecule has 31 heavy (non-hydrogen) atoms. The molecule has 0 fully saturated rings. The smallest absolute Gasteiger partial charge is 0.338 e. The van der Waals surface area contributed by atoms with Crippen LogP contribution in [0, 0.1) is 0 Å². The predicted molar refractivity (Wildman–Crippen MR) is 120 cm³/mol. The van der Waals surface area contributed by atoms with Crippen molar-refractivity contribution in [3.63, 3.8) is 0 Å². The lowest BCUT2D eigenvalue weighted by atomic mass is 10.0. The quantitative estimate of drug-likeness (QED) is 0.334. The highest BCUT2D eigenvalue weighted by Gasteiger charge is 2.07. The van der Waals surface area contributed by atoms with Crippen LogP contribution in [0.1, 0.15) is 29.8 Å². The Morgan fingerprint density at radius 2 is 1.45 bits per heavy atom. The van der Waals surface area contributed by atoms with Crippen molar-refractivity contribution in [1.82, 2.24) is 5.43 Å². The monoisotopic (exact) mass is 416 g/mol. The minimum absolute atomic E-state index is 0.192. The zero-order valence-electron chi connectivity index (χ0n) is 17.5. The molecule has 0 aromatic heterocycles. The topological polar surface area (TPSA) is 77.0 Å². The third kappa shape index (κ3) is 6.27. The second-order valence-corrected chi connectivity index (χ2v) is 6.71. The van der Waals surface area contributed by atoms with Crippen LogP contribution >= 0.6 is 0 Å². The molecule has 0 spiro atoms. The van der Waals surface area contributed by atoms with Gasteiger partial charge in [-0.05, 0) is 54.8 Å². The maximum absolute atomic E-state index is 12.0. The van der Waals surface area contributed by atoms with Crippen molar-refractivity contribution < 1.29 is 19.1 Å². The Morgan fingerprint density at radius 1 is 0.839 bits per heavy atom. The largest absolute Gasteiger partial charge is 0.484 e. The highest BCUT2D eigenvalue weighted by Crippen LogP contribution is 2.19. The predicted octanol–water partition coefficient (Wildman–Crippen LogP) is 4.45. The van der Waals surface area contributed by atoms with E-state index in [4.69, 9.17) is 9.47 Å². The molecule has 0 atom stereocenters. The van der Waals surface area contributed by atoms with E-state index in [0.717, 1.165) is 16.7 Å². The number of hydrogen-bond donors (Lipinski definition) is 1. The molecule has 6 nitrogen and oxygen atoms in total. The fourth-order valence-electron chi connectivity index (χ4n) is 2.83. The van der Waals surface area contributed by atoms with E-state index in [-0.39, 0.29) is 12.5 Å². The van der Waals surface area contributed by atoms with Crippen molar-refractivity contribution >= 4 is 17.6 Å². The Bertz CT molecular complexity index is 1040. The number of nitrogens with one attached hydrogen (secondary N) is 1. The van der Waals surface area contributed by atoms with Crippen molar-refractivity contribution in [2.24, 2.45) is 5.10 Å². The van der Waals surface area contributed by atoms with Gasteiger partial charge in [-0.2, -0.15) is 5.10 Å². The number of hydrazone groups is 1.